The number of nitrogen functional groups attached to an aromatic ring is 1. The summed E-state index contributed by atoms with van der Waals surface area (Å²) in [6, 6.07) is 15.4. The number of benzene rings is 2. The molecule has 0 aliphatic heterocycles. The van der Waals surface area contributed by atoms with E-state index in [-0.39, 0.29) is 18.3 Å². The maximum absolute atomic E-state index is 12.0. The zero-order valence-corrected chi connectivity index (χ0v) is 15.2. The van der Waals surface area contributed by atoms with Crippen LogP contribution >= 0.6 is 12.4 Å². The number of hydrogen-bond acceptors (Lipinski definition) is 4. The van der Waals surface area contributed by atoms with E-state index < -0.39 is 0 Å². The third-order valence-electron chi connectivity index (χ3n) is 3.60. The lowest BCUT2D eigenvalue weighted by Gasteiger charge is -2.10. The first kappa shape index (κ1) is 20.8. The molecule has 0 aliphatic rings. The van der Waals surface area contributed by atoms with Crippen molar-refractivity contribution in [1.29, 1.82) is 0 Å². The average Bonchev–Trinajstić information content (AvgIpc) is 2.61. The summed E-state index contributed by atoms with van der Waals surface area (Å²) >= 11 is 0. The molecule has 1 amide bonds. The van der Waals surface area contributed by atoms with Crippen LogP contribution < -0.4 is 15.8 Å². The molecular formula is C19H25ClN2O3. The Kier molecular flexibility index (Phi) is 9.43. The number of amides is 1. The van der Waals surface area contributed by atoms with Crippen LogP contribution in [0.2, 0.25) is 0 Å². The SMILES string of the molecule is COc1ccc(N)c(NC(=O)CCCOCCc2ccccc2)c1.Cl. The van der Waals surface area contributed by atoms with Crippen LogP contribution in [-0.2, 0) is 16.0 Å². The molecule has 0 fully saturated rings. The molecule has 25 heavy (non-hydrogen) atoms. The lowest BCUT2D eigenvalue weighted by atomic mass is 10.2. The van der Waals surface area contributed by atoms with Crippen LogP contribution in [0, 0.1) is 0 Å². The van der Waals surface area contributed by atoms with Crippen molar-refractivity contribution in [1.82, 2.24) is 0 Å². The molecule has 0 bridgehead atoms. The summed E-state index contributed by atoms with van der Waals surface area (Å²) in [7, 11) is 1.57. The Morgan fingerprint density at radius 2 is 1.88 bits per heavy atom. The minimum atomic E-state index is -0.0818. The van der Waals surface area contributed by atoms with E-state index >= 15 is 0 Å². The van der Waals surface area contributed by atoms with E-state index in [0.717, 1.165) is 6.42 Å². The smallest absolute Gasteiger partial charge is 0.224 e. The van der Waals surface area contributed by atoms with Crippen LogP contribution in [0.1, 0.15) is 18.4 Å². The molecule has 2 rings (SSSR count). The van der Waals surface area contributed by atoms with E-state index in [0.29, 0.717) is 43.2 Å². The minimum absolute atomic E-state index is 0. The summed E-state index contributed by atoms with van der Waals surface area (Å²) < 4.78 is 10.7. The fraction of sp³-hybridized carbons (Fsp3) is 0.316. The first-order chi connectivity index (χ1) is 11.7. The van der Waals surface area contributed by atoms with Gasteiger partial charge in [-0.05, 0) is 30.5 Å². The first-order valence-corrected chi connectivity index (χ1v) is 8.04. The highest BCUT2D eigenvalue weighted by Crippen LogP contribution is 2.24. The molecular weight excluding hydrogens is 340 g/mol. The Morgan fingerprint density at radius 3 is 2.60 bits per heavy atom. The topological polar surface area (TPSA) is 73.6 Å². The summed E-state index contributed by atoms with van der Waals surface area (Å²) in [5, 5.41) is 2.80. The maximum Gasteiger partial charge on any atom is 0.224 e. The van der Waals surface area contributed by atoms with Crippen LogP contribution in [-0.4, -0.2) is 26.2 Å². The van der Waals surface area contributed by atoms with E-state index in [1.807, 2.05) is 18.2 Å². The summed E-state index contributed by atoms with van der Waals surface area (Å²) in [5.41, 5.74) is 8.19. The number of ether oxygens (including phenoxy) is 2. The molecule has 0 unspecified atom stereocenters. The molecule has 3 N–H and O–H groups in total. The summed E-state index contributed by atoms with van der Waals surface area (Å²) in [4.78, 5) is 12.0. The lowest BCUT2D eigenvalue weighted by molar-refractivity contribution is -0.116. The van der Waals surface area contributed by atoms with Gasteiger partial charge in [0.1, 0.15) is 5.75 Å². The number of anilines is 2. The fourth-order valence-electron chi connectivity index (χ4n) is 2.25. The van der Waals surface area contributed by atoms with Crippen molar-refractivity contribution in [2.75, 3.05) is 31.4 Å². The van der Waals surface area contributed by atoms with Gasteiger partial charge in [-0.3, -0.25) is 4.79 Å². The standard InChI is InChI=1S/C19H24N2O3.ClH/c1-23-16-9-10-17(20)18(14-16)21-19(22)8-5-12-24-13-11-15-6-3-2-4-7-15;/h2-4,6-7,9-10,14H,5,8,11-13,20H2,1H3,(H,21,22);1H. The Hall–Kier alpha value is -2.24. The first-order valence-electron chi connectivity index (χ1n) is 8.04. The van der Waals surface area contributed by atoms with Crippen molar-refractivity contribution in [3.63, 3.8) is 0 Å². The molecule has 0 radical (unpaired) electrons. The van der Waals surface area contributed by atoms with Crippen molar-refractivity contribution in [3.05, 3.63) is 54.1 Å². The molecule has 5 nitrogen and oxygen atoms in total. The van der Waals surface area contributed by atoms with Gasteiger partial charge in [0, 0.05) is 19.1 Å². The van der Waals surface area contributed by atoms with Gasteiger partial charge in [0.15, 0.2) is 0 Å². The second-order valence-electron chi connectivity index (χ2n) is 5.45. The van der Waals surface area contributed by atoms with Crippen molar-refractivity contribution in [2.24, 2.45) is 0 Å². The van der Waals surface area contributed by atoms with Gasteiger partial charge < -0.3 is 20.5 Å². The number of nitrogens with one attached hydrogen (secondary N) is 1. The summed E-state index contributed by atoms with van der Waals surface area (Å²) in [6.07, 6.45) is 1.94. The monoisotopic (exact) mass is 364 g/mol. The third-order valence-corrected chi connectivity index (χ3v) is 3.60. The molecule has 0 heterocycles. The molecule has 2 aromatic rings. The van der Waals surface area contributed by atoms with Gasteiger partial charge in [-0.25, -0.2) is 0 Å². The molecule has 0 aromatic heterocycles. The molecule has 136 valence electrons. The Bertz CT molecular complexity index is 650. The van der Waals surface area contributed by atoms with Crippen molar-refractivity contribution in [3.8, 4) is 5.75 Å². The van der Waals surface area contributed by atoms with Gasteiger partial charge in [0.05, 0.1) is 25.1 Å². The third kappa shape index (κ3) is 7.45. The molecule has 6 heteroatoms. The highest BCUT2D eigenvalue weighted by Gasteiger charge is 2.06. The van der Waals surface area contributed by atoms with Gasteiger partial charge in [-0.15, -0.1) is 12.4 Å². The normalized spacial score (nSPS) is 9.96. The predicted octanol–water partition coefficient (Wildman–Crippen LogP) is 3.68. The van der Waals surface area contributed by atoms with Crippen LogP contribution in [0.15, 0.2) is 48.5 Å². The zero-order valence-electron chi connectivity index (χ0n) is 14.4. The van der Waals surface area contributed by atoms with E-state index in [9.17, 15) is 4.79 Å². The van der Waals surface area contributed by atoms with Gasteiger partial charge in [0.25, 0.3) is 0 Å². The molecule has 0 spiro atoms. The van der Waals surface area contributed by atoms with Crippen LogP contribution in [0.25, 0.3) is 0 Å². The number of methoxy groups -OCH3 is 1. The quantitative estimate of drug-likeness (QED) is 0.526. The number of nitrogens with two attached hydrogens (primary N) is 1. The van der Waals surface area contributed by atoms with Crippen LogP contribution in [0.4, 0.5) is 11.4 Å². The van der Waals surface area contributed by atoms with Crippen molar-refractivity contribution >= 4 is 29.7 Å². The largest absolute Gasteiger partial charge is 0.497 e. The molecule has 0 saturated carbocycles. The van der Waals surface area contributed by atoms with E-state index in [4.69, 9.17) is 15.2 Å². The number of rotatable bonds is 9. The zero-order chi connectivity index (χ0) is 17.2. The van der Waals surface area contributed by atoms with E-state index in [2.05, 4.69) is 17.4 Å². The second kappa shape index (κ2) is 11.3. The van der Waals surface area contributed by atoms with Crippen LogP contribution in [0.5, 0.6) is 5.75 Å². The average molecular weight is 365 g/mol. The Balaban J connectivity index is 0.00000312. The predicted molar refractivity (Wildman–Crippen MR) is 103 cm³/mol. The minimum Gasteiger partial charge on any atom is -0.497 e. The number of carbonyl (C=O) groups is 1. The van der Waals surface area contributed by atoms with Gasteiger partial charge in [-0.1, -0.05) is 30.3 Å². The van der Waals surface area contributed by atoms with Gasteiger partial charge >= 0.3 is 0 Å². The number of hydrogen-bond donors (Lipinski definition) is 2. The number of halogens is 1. The lowest BCUT2D eigenvalue weighted by Crippen LogP contribution is -2.14. The van der Waals surface area contributed by atoms with Crippen molar-refractivity contribution in [2.45, 2.75) is 19.3 Å². The molecule has 2 aromatic carbocycles. The molecule has 0 aliphatic carbocycles. The van der Waals surface area contributed by atoms with E-state index in [1.54, 1.807) is 25.3 Å². The Morgan fingerprint density at radius 1 is 1.12 bits per heavy atom. The second-order valence-corrected chi connectivity index (χ2v) is 5.45. The van der Waals surface area contributed by atoms with E-state index in [1.165, 1.54) is 5.56 Å². The summed E-state index contributed by atoms with van der Waals surface area (Å²) in [6.45, 7) is 1.22. The maximum atomic E-state index is 12.0. The summed E-state index contributed by atoms with van der Waals surface area (Å²) in [5.74, 6) is 0.574. The van der Waals surface area contributed by atoms with Gasteiger partial charge in [0.2, 0.25) is 5.91 Å². The van der Waals surface area contributed by atoms with Crippen molar-refractivity contribution < 1.29 is 14.3 Å². The number of carbonyl (C=O) groups excluding carboxylic acids is 1. The van der Waals surface area contributed by atoms with Gasteiger partial charge in [-0.2, -0.15) is 0 Å². The highest BCUT2D eigenvalue weighted by molar-refractivity contribution is 5.94. The molecule has 0 saturated heterocycles. The van der Waals surface area contributed by atoms with Crippen LogP contribution in [0.3, 0.4) is 0 Å². The molecule has 0 atom stereocenters. The Labute approximate surface area is 154 Å². The highest BCUT2D eigenvalue weighted by atomic mass is 35.5. The fourth-order valence-corrected chi connectivity index (χ4v) is 2.25.